The van der Waals surface area contributed by atoms with Crippen LogP contribution in [0.25, 0.3) is 0 Å². The van der Waals surface area contributed by atoms with Crippen molar-refractivity contribution >= 4 is 0 Å². The van der Waals surface area contributed by atoms with Gasteiger partial charge in [-0.3, -0.25) is 5.10 Å². The summed E-state index contributed by atoms with van der Waals surface area (Å²) in [6, 6.07) is -0.0420. The second-order valence-corrected chi connectivity index (χ2v) is 5.00. The molecule has 102 valence electrons. The Morgan fingerprint density at radius 1 is 1.44 bits per heavy atom. The van der Waals surface area contributed by atoms with Crippen LogP contribution in [0.4, 0.5) is 13.2 Å². The molecule has 1 aromatic rings. The average Bonchev–Trinajstić information content (AvgIpc) is 2.72. The fraction of sp³-hybridized carbons (Fsp3) is 0.750. The van der Waals surface area contributed by atoms with Gasteiger partial charge in [0, 0.05) is 23.8 Å². The number of aromatic amines is 1. The number of halogens is 3. The monoisotopic (exact) mass is 261 g/mol. The lowest BCUT2D eigenvalue weighted by Crippen LogP contribution is -2.38. The third-order valence-corrected chi connectivity index (χ3v) is 3.65. The van der Waals surface area contributed by atoms with E-state index in [1.54, 1.807) is 6.20 Å². The van der Waals surface area contributed by atoms with Gasteiger partial charge in [-0.2, -0.15) is 18.3 Å². The summed E-state index contributed by atoms with van der Waals surface area (Å²) in [6.45, 7) is 2.49. The van der Waals surface area contributed by atoms with Crippen molar-refractivity contribution < 1.29 is 13.2 Å². The average molecular weight is 261 g/mol. The van der Waals surface area contributed by atoms with E-state index in [0.717, 1.165) is 17.7 Å². The number of aromatic nitrogens is 2. The Hall–Kier alpha value is -1.04. The first-order valence-electron chi connectivity index (χ1n) is 6.25. The van der Waals surface area contributed by atoms with Gasteiger partial charge in [-0.15, -0.1) is 0 Å². The van der Waals surface area contributed by atoms with Crippen molar-refractivity contribution in [2.24, 2.45) is 5.92 Å². The van der Waals surface area contributed by atoms with Gasteiger partial charge in [-0.05, 0) is 26.2 Å². The van der Waals surface area contributed by atoms with E-state index in [1.165, 1.54) is 0 Å². The summed E-state index contributed by atoms with van der Waals surface area (Å²) in [5.41, 5.74) is 1.98. The summed E-state index contributed by atoms with van der Waals surface area (Å²) in [6.07, 6.45) is -0.402. The maximum Gasteiger partial charge on any atom is 0.391 e. The predicted molar refractivity (Wildman–Crippen MR) is 62.0 cm³/mol. The Morgan fingerprint density at radius 3 is 2.83 bits per heavy atom. The minimum Gasteiger partial charge on any atom is -0.310 e. The molecule has 1 aromatic heterocycles. The van der Waals surface area contributed by atoms with Crippen LogP contribution < -0.4 is 5.32 Å². The van der Waals surface area contributed by atoms with Crippen molar-refractivity contribution in [3.8, 4) is 0 Å². The van der Waals surface area contributed by atoms with Gasteiger partial charge in [0.2, 0.25) is 0 Å². The quantitative estimate of drug-likeness (QED) is 0.878. The Labute approximate surface area is 104 Å². The second kappa shape index (κ2) is 5.30. The minimum absolute atomic E-state index is 0.0420. The fourth-order valence-corrected chi connectivity index (χ4v) is 2.48. The topological polar surface area (TPSA) is 40.7 Å². The zero-order chi connectivity index (χ0) is 13.2. The van der Waals surface area contributed by atoms with Crippen LogP contribution in [-0.4, -0.2) is 22.4 Å². The van der Waals surface area contributed by atoms with Gasteiger partial charge in [0.15, 0.2) is 0 Å². The first kappa shape index (κ1) is 13.4. The summed E-state index contributed by atoms with van der Waals surface area (Å²) in [4.78, 5) is 0. The smallest absolute Gasteiger partial charge is 0.310 e. The van der Waals surface area contributed by atoms with Gasteiger partial charge in [-0.1, -0.05) is 6.42 Å². The van der Waals surface area contributed by atoms with Gasteiger partial charge in [0.05, 0.1) is 12.1 Å². The summed E-state index contributed by atoms with van der Waals surface area (Å²) in [7, 11) is 0. The maximum absolute atomic E-state index is 12.6. The van der Waals surface area contributed by atoms with E-state index in [-0.39, 0.29) is 18.9 Å². The van der Waals surface area contributed by atoms with Crippen LogP contribution in [0, 0.1) is 12.8 Å². The predicted octanol–water partition coefficient (Wildman–Crippen LogP) is 2.93. The molecule has 0 spiro atoms. The number of hydrogen-bond acceptors (Lipinski definition) is 2. The zero-order valence-corrected chi connectivity index (χ0v) is 10.3. The van der Waals surface area contributed by atoms with Crippen LogP contribution in [0.2, 0.25) is 0 Å². The normalized spacial score (nSPS) is 25.3. The third-order valence-electron chi connectivity index (χ3n) is 3.65. The van der Waals surface area contributed by atoms with Gasteiger partial charge in [0.25, 0.3) is 0 Å². The van der Waals surface area contributed by atoms with Gasteiger partial charge in [0.1, 0.15) is 0 Å². The lowest BCUT2D eigenvalue weighted by atomic mass is 9.85. The van der Waals surface area contributed by atoms with Crippen molar-refractivity contribution in [2.45, 2.75) is 51.4 Å². The Balaban J connectivity index is 1.85. The summed E-state index contributed by atoms with van der Waals surface area (Å²) < 4.78 is 37.9. The molecule has 0 radical (unpaired) electrons. The fourth-order valence-electron chi connectivity index (χ4n) is 2.48. The van der Waals surface area contributed by atoms with Crippen LogP contribution >= 0.6 is 0 Å². The standard InChI is InChI=1S/C12H18F3N3/c1-8-9(7-17-18-8)6-16-11-4-2-3-10(5-11)12(13,14)15/h7,10-11,16H,2-6H2,1H3,(H,17,18)/t10-,11-/m1/s1. The molecule has 0 saturated heterocycles. The molecular formula is C12H18F3N3. The summed E-state index contributed by atoms with van der Waals surface area (Å²) >= 11 is 0. The first-order chi connectivity index (χ1) is 8.47. The van der Waals surface area contributed by atoms with E-state index < -0.39 is 12.1 Å². The van der Waals surface area contributed by atoms with Crippen LogP contribution in [0.3, 0.4) is 0 Å². The van der Waals surface area contributed by atoms with Gasteiger partial charge in [-0.25, -0.2) is 0 Å². The molecule has 1 heterocycles. The number of nitrogens with zero attached hydrogens (tertiary/aromatic N) is 1. The van der Waals surface area contributed by atoms with Gasteiger partial charge >= 0.3 is 6.18 Å². The highest BCUT2D eigenvalue weighted by Crippen LogP contribution is 2.37. The summed E-state index contributed by atoms with van der Waals surface area (Å²) in [5, 5.41) is 9.92. The zero-order valence-electron chi connectivity index (χ0n) is 10.3. The van der Waals surface area contributed by atoms with Crippen LogP contribution in [0.1, 0.15) is 36.9 Å². The molecule has 0 aliphatic heterocycles. The third kappa shape index (κ3) is 3.25. The maximum atomic E-state index is 12.6. The van der Waals surface area contributed by atoms with Crippen molar-refractivity contribution in [1.82, 2.24) is 15.5 Å². The number of aryl methyl sites for hydroxylation is 1. The molecule has 1 saturated carbocycles. The Bertz CT molecular complexity index is 386. The molecule has 2 atom stereocenters. The van der Waals surface area contributed by atoms with E-state index in [2.05, 4.69) is 15.5 Å². The van der Waals surface area contributed by atoms with Gasteiger partial charge < -0.3 is 5.32 Å². The molecule has 1 aliphatic rings. The van der Waals surface area contributed by atoms with Crippen molar-refractivity contribution in [1.29, 1.82) is 0 Å². The van der Waals surface area contributed by atoms with E-state index in [1.807, 2.05) is 6.92 Å². The van der Waals surface area contributed by atoms with Crippen molar-refractivity contribution in [2.75, 3.05) is 0 Å². The molecule has 6 heteroatoms. The molecule has 0 aromatic carbocycles. The number of hydrogen-bond donors (Lipinski definition) is 2. The number of alkyl halides is 3. The molecule has 3 nitrogen and oxygen atoms in total. The number of H-pyrrole nitrogens is 1. The second-order valence-electron chi connectivity index (χ2n) is 5.00. The molecule has 0 bridgehead atoms. The van der Waals surface area contributed by atoms with Crippen LogP contribution in [0.15, 0.2) is 6.20 Å². The molecule has 0 unspecified atom stereocenters. The first-order valence-corrected chi connectivity index (χ1v) is 6.25. The highest BCUT2D eigenvalue weighted by atomic mass is 19.4. The molecule has 0 amide bonds. The largest absolute Gasteiger partial charge is 0.391 e. The molecule has 1 fully saturated rings. The number of rotatable bonds is 3. The lowest BCUT2D eigenvalue weighted by molar-refractivity contribution is -0.183. The van der Waals surface area contributed by atoms with Crippen LogP contribution in [-0.2, 0) is 6.54 Å². The highest BCUT2D eigenvalue weighted by Gasteiger charge is 2.41. The Kier molecular flexibility index (Phi) is 3.94. The van der Waals surface area contributed by atoms with E-state index in [0.29, 0.717) is 13.0 Å². The van der Waals surface area contributed by atoms with E-state index >= 15 is 0 Å². The van der Waals surface area contributed by atoms with Crippen molar-refractivity contribution in [3.05, 3.63) is 17.5 Å². The Morgan fingerprint density at radius 2 is 2.22 bits per heavy atom. The molecule has 2 rings (SSSR count). The van der Waals surface area contributed by atoms with Crippen molar-refractivity contribution in [3.63, 3.8) is 0 Å². The number of nitrogens with one attached hydrogen (secondary N) is 2. The van der Waals surface area contributed by atoms with Crippen LogP contribution in [0.5, 0.6) is 0 Å². The highest BCUT2D eigenvalue weighted by molar-refractivity contribution is 5.13. The molecule has 18 heavy (non-hydrogen) atoms. The van der Waals surface area contributed by atoms with E-state index in [4.69, 9.17) is 0 Å². The van der Waals surface area contributed by atoms with E-state index in [9.17, 15) is 13.2 Å². The molecular weight excluding hydrogens is 243 g/mol. The minimum atomic E-state index is -4.05. The lowest BCUT2D eigenvalue weighted by Gasteiger charge is -2.31. The summed E-state index contributed by atoms with van der Waals surface area (Å²) in [5.74, 6) is -1.14. The molecule has 1 aliphatic carbocycles. The molecule has 2 N–H and O–H groups in total. The SMILES string of the molecule is Cc1[nH]ncc1CN[C@@H]1CCC[C@@H](C(F)(F)F)C1.